The van der Waals surface area contributed by atoms with Crippen molar-refractivity contribution in [3.8, 4) is 0 Å². The van der Waals surface area contributed by atoms with Crippen LogP contribution in [0.1, 0.15) is 33.6 Å². The molecular formula is C9H20N2. The lowest BCUT2D eigenvalue weighted by Crippen LogP contribution is -2.49. The molecule has 0 unspecified atom stereocenters. The van der Waals surface area contributed by atoms with E-state index in [2.05, 4.69) is 31.4 Å². The fourth-order valence-electron chi connectivity index (χ4n) is 1.43. The first-order valence-corrected chi connectivity index (χ1v) is 4.57. The summed E-state index contributed by atoms with van der Waals surface area (Å²) in [6.07, 6.45) is 3.10. The average Bonchev–Trinajstić information content (AvgIpc) is 2.10. The first kappa shape index (κ1) is 9.01. The second-order valence-corrected chi connectivity index (χ2v) is 4.41. The Kier molecular flexibility index (Phi) is 2.90. The number of rotatable bonds is 0. The Labute approximate surface area is 69.8 Å². The average molecular weight is 156 g/mol. The standard InChI is InChI=1S/C9H20N2/c1-9(2,3)8-10-6-4-5-7-11-8/h8,10-11H,4-7H2,1-3H3. The largest absolute Gasteiger partial charge is 0.301 e. The third-order valence-corrected chi connectivity index (χ3v) is 2.17. The Morgan fingerprint density at radius 1 is 1.00 bits per heavy atom. The van der Waals surface area contributed by atoms with Crippen molar-refractivity contribution in [3.05, 3.63) is 0 Å². The lowest BCUT2D eigenvalue weighted by molar-refractivity contribution is 0.238. The van der Waals surface area contributed by atoms with Gasteiger partial charge in [-0.05, 0) is 31.3 Å². The van der Waals surface area contributed by atoms with E-state index in [1.807, 2.05) is 0 Å². The van der Waals surface area contributed by atoms with Crippen molar-refractivity contribution in [2.75, 3.05) is 13.1 Å². The minimum Gasteiger partial charge on any atom is -0.301 e. The lowest BCUT2D eigenvalue weighted by Gasteiger charge is -2.31. The molecule has 0 amide bonds. The van der Waals surface area contributed by atoms with E-state index >= 15 is 0 Å². The minimum absolute atomic E-state index is 0.338. The van der Waals surface area contributed by atoms with E-state index in [1.54, 1.807) is 0 Å². The molecule has 2 heteroatoms. The van der Waals surface area contributed by atoms with Gasteiger partial charge >= 0.3 is 0 Å². The molecule has 0 aliphatic carbocycles. The van der Waals surface area contributed by atoms with Gasteiger partial charge in [-0.2, -0.15) is 0 Å². The summed E-state index contributed by atoms with van der Waals surface area (Å²) in [6.45, 7) is 9.12. The van der Waals surface area contributed by atoms with Crippen LogP contribution in [0.3, 0.4) is 0 Å². The monoisotopic (exact) mass is 156 g/mol. The Balaban J connectivity index is 2.43. The van der Waals surface area contributed by atoms with E-state index in [1.165, 1.54) is 12.8 Å². The fourth-order valence-corrected chi connectivity index (χ4v) is 1.43. The van der Waals surface area contributed by atoms with Gasteiger partial charge in [0.25, 0.3) is 0 Å². The SMILES string of the molecule is CC(C)(C)C1NCCCCN1. The van der Waals surface area contributed by atoms with Crippen LogP contribution in [-0.2, 0) is 0 Å². The first-order chi connectivity index (χ1) is 5.11. The van der Waals surface area contributed by atoms with Gasteiger partial charge in [-0.3, -0.25) is 0 Å². The molecule has 0 atom stereocenters. The van der Waals surface area contributed by atoms with Crippen LogP contribution in [-0.4, -0.2) is 19.3 Å². The molecule has 1 fully saturated rings. The van der Waals surface area contributed by atoms with Crippen molar-refractivity contribution < 1.29 is 0 Å². The molecule has 0 radical (unpaired) electrons. The van der Waals surface area contributed by atoms with E-state index in [0.717, 1.165) is 13.1 Å². The molecule has 0 aromatic carbocycles. The predicted octanol–water partition coefficient (Wildman–Crippen LogP) is 1.33. The van der Waals surface area contributed by atoms with Crippen molar-refractivity contribution in [2.24, 2.45) is 5.41 Å². The highest BCUT2D eigenvalue weighted by Gasteiger charge is 2.23. The summed E-state index contributed by atoms with van der Waals surface area (Å²) in [5.74, 6) is 0. The van der Waals surface area contributed by atoms with Crippen LogP contribution in [0, 0.1) is 5.41 Å². The molecule has 0 aromatic rings. The number of nitrogens with one attached hydrogen (secondary N) is 2. The second-order valence-electron chi connectivity index (χ2n) is 4.41. The summed E-state index contributed by atoms with van der Waals surface area (Å²) < 4.78 is 0. The Morgan fingerprint density at radius 2 is 1.45 bits per heavy atom. The summed E-state index contributed by atoms with van der Waals surface area (Å²) in [7, 11) is 0. The van der Waals surface area contributed by atoms with Gasteiger partial charge < -0.3 is 10.6 Å². The van der Waals surface area contributed by atoms with Crippen molar-refractivity contribution in [1.29, 1.82) is 0 Å². The van der Waals surface area contributed by atoms with E-state index < -0.39 is 0 Å². The molecule has 0 bridgehead atoms. The highest BCUT2D eigenvalue weighted by atomic mass is 15.1. The molecular weight excluding hydrogens is 136 g/mol. The van der Waals surface area contributed by atoms with Crippen molar-refractivity contribution in [2.45, 2.75) is 39.8 Å². The molecule has 1 heterocycles. The molecule has 2 nitrogen and oxygen atoms in total. The van der Waals surface area contributed by atoms with Gasteiger partial charge in [0.05, 0.1) is 6.17 Å². The summed E-state index contributed by atoms with van der Waals surface area (Å²) in [6, 6.07) is 0. The zero-order valence-electron chi connectivity index (χ0n) is 7.91. The first-order valence-electron chi connectivity index (χ1n) is 4.57. The Hall–Kier alpha value is -0.0800. The maximum absolute atomic E-state index is 3.51. The summed E-state index contributed by atoms with van der Waals surface area (Å²) in [5.41, 5.74) is 0.338. The van der Waals surface area contributed by atoms with Gasteiger partial charge in [0, 0.05) is 0 Å². The smallest absolute Gasteiger partial charge is 0.0621 e. The molecule has 2 N–H and O–H groups in total. The second kappa shape index (κ2) is 3.55. The van der Waals surface area contributed by atoms with Gasteiger partial charge in [-0.25, -0.2) is 0 Å². The zero-order chi connectivity index (χ0) is 8.32. The van der Waals surface area contributed by atoms with Crippen LogP contribution in [0.4, 0.5) is 0 Å². The van der Waals surface area contributed by atoms with Gasteiger partial charge in [-0.15, -0.1) is 0 Å². The summed E-state index contributed by atoms with van der Waals surface area (Å²) >= 11 is 0. The molecule has 11 heavy (non-hydrogen) atoms. The van der Waals surface area contributed by atoms with Crippen molar-refractivity contribution in [3.63, 3.8) is 0 Å². The van der Waals surface area contributed by atoms with Gasteiger partial charge in [0.15, 0.2) is 0 Å². The highest BCUT2D eigenvalue weighted by molar-refractivity contribution is 4.79. The molecule has 0 aromatic heterocycles. The van der Waals surface area contributed by atoms with Crippen LogP contribution in [0.25, 0.3) is 0 Å². The highest BCUT2D eigenvalue weighted by Crippen LogP contribution is 2.18. The normalized spacial score (nSPS) is 23.2. The van der Waals surface area contributed by atoms with Gasteiger partial charge in [0.2, 0.25) is 0 Å². The number of hydrogen-bond donors (Lipinski definition) is 2. The van der Waals surface area contributed by atoms with E-state index in [-0.39, 0.29) is 0 Å². The van der Waals surface area contributed by atoms with Gasteiger partial charge in [0.1, 0.15) is 0 Å². The molecule has 1 aliphatic heterocycles. The van der Waals surface area contributed by atoms with Crippen molar-refractivity contribution in [1.82, 2.24) is 10.6 Å². The van der Waals surface area contributed by atoms with E-state index in [4.69, 9.17) is 0 Å². The van der Waals surface area contributed by atoms with Crippen LogP contribution in [0.5, 0.6) is 0 Å². The predicted molar refractivity (Wildman–Crippen MR) is 48.5 cm³/mol. The third-order valence-electron chi connectivity index (χ3n) is 2.17. The lowest BCUT2D eigenvalue weighted by atomic mass is 9.92. The fraction of sp³-hybridized carbons (Fsp3) is 1.00. The maximum Gasteiger partial charge on any atom is 0.0621 e. The molecule has 0 spiro atoms. The van der Waals surface area contributed by atoms with Crippen LogP contribution >= 0.6 is 0 Å². The number of hydrogen-bond acceptors (Lipinski definition) is 2. The summed E-state index contributed by atoms with van der Waals surface area (Å²) in [4.78, 5) is 0. The van der Waals surface area contributed by atoms with E-state index in [0.29, 0.717) is 11.6 Å². The van der Waals surface area contributed by atoms with Gasteiger partial charge in [-0.1, -0.05) is 20.8 Å². The third kappa shape index (κ3) is 2.80. The molecule has 1 aliphatic rings. The van der Waals surface area contributed by atoms with Crippen LogP contribution < -0.4 is 10.6 Å². The molecule has 66 valence electrons. The summed E-state index contributed by atoms with van der Waals surface area (Å²) in [5, 5.41) is 7.02. The zero-order valence-corrected chi connectivity index (χ0v) is 7.91. The van der Waals surface area contributed by atoms with Crippen LogP contribution in [0.2, 0.25) is 0 Å². The van der Waals surface area contributed by atoms with Crippen LogP contribution in [0.15, 0.2) is 0 Å². The molecule has 0 saturated carbocycles. The van der Waals surface area contributed by atoms with Crippen molar-refractivity contribution >= 4 is 0 Å². The molecule has 1 saturated heterocycles. The quantitative estimate of drug-likeness (QED) is 0.553. The molecule has 1 rings (SSSR count). The topological polar surface area (TPSA) is 24.1 Å². The minimum atomic E-state index is 0.338. The maximum atomic E-state index is 3.51. The van der Waals surface area contributed by atoms with E-state index in [9.17, 15) is 0 Å². The Bertz CT molecular complexity index is 107. The Morgan fingerprint density at radius 3 is 1.82 bits per heavy atom.